The average Bonchev–Trinajstić information content (AvgIpc) is 2.66. The van der Waals surface area contributed by atoms with Crippen LogP contribution in [0, 0.1) is 0 Å². The second kappa shape index (κ2) is 7.40. The molecule has 0 N–H and O–H groups in total. The fraction of sp³-hybridized carbons (Fsp3) is 0.400. The van der Waals surface area contributed by atoms with Crippen LogP contribution in [0.25, 0.3) is 11.4 Å². The predicted molar refractivity (Wildman–Crippen MR) is 75.1 cm³/mol. The Balaban J connectivity index is 2.86. The molecule has 0 aliphatic heterocycles. The van der Waals surface area contributed by atoms with Crippen LogP contribution in [0.4, 0.5) is 61.5 Å². The Morgan fingerprint density at radius 1 is 0.469 bits per heavy atom. The second-order valence-electron chi connectivity index (χ2n) is 5.97. The van der Waals surface area contributed by atoms with E-state index in [0.717, 1.165) is 24.3 Å². The van der Waals surface area contributed by atoms with Gasteiger partial charge in [0, 0.05) is 5.56 Å². The lowest BCUT2D eigenvalue weighted by atomic mass is 10.1. The van der Waals surface area contributed by atoms with Crippen LogP contribution < -0.4 is 0 Å². The van der Waals surface area contributed by atoms with Gasteiger partial charge in [-0.15, -0.1) is 0 Å². The van der Waals surface area contributed by atoms with E-state index in [-0.39, 0.29) is 0 Å². The summed E-state index contributed by atoms with van der Waals surface area (Å²) in [6.45, 7) is 0. The third kappa shape index (κ3) is 3.92. The number of hydrogen-bond acceptors (Lipinski definition) is 3. The number of alkyl halides is 14. The summed E-state index contributed by atoms with van der Waals surface area (Å²) in [7, 11) is 0. The first-order valence-corrected chi connectivity index (χ1v) is 7.65. The molecule has 0 aliphatic rings. The molecular formula is C15H5F14N3. The van der Waals surface area contributed by atoms with Crippen LogP contribution in [0.3, 0.4) is 0 Å². The zero-order valence-electron chi connectivity index (χ0n) is 14.5. The molecule has 178 valence electrons. The zero-order chi connectivity index (χ0) is 25.0. The van der Waals surface area contributed by atoms with Gasteiger partial charge in [-0.3, -0.25) is 0 Å². The topological polar surface area (TPSA) is 38.7 Å². The second-order valence-corrected chi connectivity index (χ2v) is 5.97. The SMILES string of the molecule is FC(F)(F)C(F)(F)C(F)(F)c1nc(-c2ccccc2)nc(C(F)(F)C(F)(F)C(F)(F)F)n1. The molecule has 0 bridgehead atoms. The van der Waals surface area contributed by atoms with Crippen LogP contribution in [0.15, 0.2) is 30.3 Å². The molecule has 0 spiro atoms. The first kappa shape index (κ1) is 25.5. The third-order valence-electron chi connectivity index (χ3n) is 3.73. The Kier molecular flexibility index (Phi) is 5.90. The minimum Gasteiger partial charge on any atom is -0.207 e. The van der Waals surface area contributed by atoms with Crippen LogP contribution in [-0.2, 0) is 11.8 Å². The summed E-state index contributed by atoms with van der Waals surface area (Å²) in [6.07, 6.45) is -14.0. The lowest BCUT2D eigenvalue weighted by Gasteiger charge is -2.29. The number of hydrogen-bond donors (Lipinski definition) is 0. The molecule has 0 unspecified atom stereocenters. The molecule has 0 fully saturated rings. The fourth-order valence-corrected chi connectivity index (χ4v) is 2.01. The van der Waals surface area contributed by atoms with Gasteiger partial charge in [0.25, 0.3) is 0 Å². The van der Waals surface area contributed by atoms with Crippen molar-refractivity contribution in [3.63, 3.8) is 0 Å². The van der Waals surface area contributed by atoms with Gasteiger partial charge in [0.1, 0.15) is 0 Å². The van der Waals surface area contributed by atoms with E-state index in [1.165, 1.54) is 6.07 Å². The Hall–Kier alpha value is -2.75. The van der Waals surface area contributed by atoms with Gasteiger partial charge in [-0.25, -0.2) is 15.0 Å². The molecule has 0 aliphatic carbocycles. The van der Waals surface area contributed by atoms with Gasteiger partial charge >= 0.3 is 36.0 Å². The van der Waals surface area contributed by atoms with Crippen LogP contribution in [0.1, 0.15) is 11.6 Å². The Labute approximate surface area is 167 Å². The number of benzene rings is 1. The highest BCUT2D eigenvalue weighted by atomic mass is 19.4. The van der Waals surface area contributed by atoms with E-state index >= 15 is 0 Å². The van der Waals surface area contributed by atoms with Gasteiger partial charge in [0.2, 0.25) is 11.6 Å². The van der Waals surface area contributed by atoms with Crippen molar-refractivity contribution in [1.82, 2.24) is 15.0 Å². The first-order chi connectivity index (χ1) is 14.2. The van der Waals surface area contributed by atoms with Gasteiger partial charge in [-0.2, -0.15) is 61.5 Å². The minimum atomic E-state index is -7.03. The highest BCUT2D eigenvalue weighted by molar-refractivity contribution is 5.54. The largest absolute Gasteiger partial charge is 0.460 e. The molecule has 0 amide bonds. The smallest absolute Gasteiger partial charge is 0.207 e. The van der Waals surface area contributed by atoms with Crippen molar-refractivity contribution >= 4 is 0 Å². The molecule has 1 heterocycles. The van der Waals surface area contributed by atoms with Crippen molar-refractivity contribution in [2.75, 3.05) is 0 Å². The van der Waals surface area contributed by atoms with Gasteiger partial charge < -0.3 is 0 Å². The maximum Gasteiger partial charge on any atom is 0.460 e. The maximum atomic E-state index is 13.9. The average molecular weight is 493 g/mol. The van der Waals surface area contributed by atoms with E-state index in [4.69, 9.17) is 0 Å². The maximum absolute atomic E-state index is 13.9. The predicted octanol–water partition coefficient (Wildman–Crippen LogP) is 6.12. The highest BCUT2D eigenvalue weighted by Gasteiger charge is 2.77. The van der Waals surface area contributed by atoms with Crippen molar-refractivity contribution in [2.45, 2.75) is 36.0 Å². The lowest BCUT2D eigenvalue weighted by molar-refractivity contribution is -0.364. The van der Waals surface area contributed by atoms with Crippen molar-refractivity contribution in [2.24, 2.45) is 0 Å². The third-order valence-corrected chi connectivity index (χ3v) is 3.73. The molecule has 0 saturated carbocycles. The number of rotatable bonds is 5. The summed E-state index contributed by atoms with van der Waals surface area (Å²) in [5.74, 6) is -35.0. The van der Waals surface area contributed by atoms with Crippen molar-refractivity contribution < 1.29 is 61.5 Å². The quantitative estimate of drug-likeness (QED) is 0.472. The summed E-state index contributed by atoms with van der Waals surface area (Å²) < 4.78 is 183. The lowest BCUT2D eigenvalue weighted by Crippen LogP contribution is -2.52. The fourth-order valence-electron chi connectivity index (χ4n) is 2.01. The molecule has 3 nitrogen and oxygen atoms in total. The van der Waals surface area contributed by atoms with Crippen molar-refractivity contribution in [3.8, 4) is 11.4 Å². The van der Waals surface area contributed by atoms with Crippen LogP contribution in [0.5, 0.6) is 0 Å². The minimum absolute atomic E-state index is 0.686. The molecular weight excluding hydrogens is 488 g/mol. The van der Waals surface area contributed by atoms with Crippen LogP contribution in [0.2, 0.25) is 0 Å². The molecule has 0 saturated heterocycles. The summed E-state index contributed by atoms with van der Waals surface area (Å²) in [5, 5.41) is 0. The summed E-state index contributed by atoms with van der Waals surface area (Å²) in [4.78, 5) is 6.78. The summed E-state index contributed by atoms with van der Waals surface area (Å²) in [6, 6.07) is 4.80. The van der Waals surface area contributed by atoms with E-state index in [0.29, 0.717) is 0 Å². The van der Waals surface area contributed by atoms with Gasteiger partial charge in [0.05, 0.1) is 0 Å². The van der Waals surface area contributed by atoms with Crippen molar-refractivity contribution in [1.29, 1.82) is 0 Å². The number of halogens is 14. The molecule has 17 heteroatoms. The van der Waals surface area contributed by atoms with E-state index < -0.39 is 59.1 Å². The van der Waals surface area contributed by atoms with E-state index in [9.17, 15) is 61.5 Å². The van der Waals surface area contributed by atoms with Gasteiger partial charge in [0.15, 0.2) is 5.82 Å². The van der Waals surface area contributed by atoms with E-state index in [2.05, 4.69) is 9.97 Å². The molecule has 0 radical (unpaired) electrons. The summed E-state index contributed by atoms with van der Waals surface area (Å²) in [5.41, 5.74) is -0.686. The highest BCUT2D eigenvalue weighted by Crippen LogP contribution is 2.53. The van der Waals surface area contributed by atoms with Crippen LogP contribution in [-0.4, -0.2) is 39.1 Å². The van der Waals surface area contributed by atoms with Crippen molar-refractivity contribution in [3.05, 3.63) is 42.0 Å². The van der Waals surface area contributed by atoms with Crippen LogP contribution >= 0.6 is 0 Å². The Morgan fingerprint density at radius 3 is 1.12 bits per heavy atom. The van der Waals surface area contributed by atoms with E-state index in [1.807, 2.05) is 0 Å². The zero-order valence-corrected chi connectivity index (χ0v) is 14.5. The molecule has 2 aromatic rings. The van der Waals surface area contributed by atoms with Gasteiger partial charge in [-0.05, 0) is 0 Å². The first-order valence-electron chi connectivity index (χ1n) is 7.65. The molecule has 32 heavy (non-hydrogen) atoms. The molecule has 0 atom stereocenters. The standard InChI is InChI=1S/C15H5F14N3/c16-10(17,12(20,21)14(24,25)26)8-30-7(6-4-2-1-3-5-6)31-9(32-8)11(18,19)13(22,23)15(27,28)29/h1-5H. The van der Waals surface area contributed by atoms with E-state index in [1.54, 1.807) is 4.98 Å². The number of nitrogens with zero attached hydrogens (tertiary/aromatic N) is 3. The normalized spacial score (nSPS) is 14.6. The Morgan fingerprint density at radius 2 is 0.812 bits per heavy atom. The monoisotopic (exact) mass is 493 g/mol. The number of aromatic nitrogens is 3. The molecule has 1 aromatic carbocycles. The Bertz CT molecular complexity index is 909. The summed E-state index contributed by atoms with van der Waals surface area (Å²) >= 11 is 0. The molecule has 2 rings (SSSR count). The van der Waals surface area contributed by atoms with Gasteiger partial charge in [-0.1, -0.05) is 30.3 Å². The molecule has 1 aromatic heterocycles.